The Hall–Kier alpha value is -2.09. The number of nitrogens with zero attached hydrogens (tertiary/aromatic N) is 1. The van der Waals surface area contributed by atoms with Crippen LogP contribution >= 0.6 is 0 Å². The number of hydrogen-bond acceptors (Lipinski definition) is 5. The van der Waals surface area contributed by atoms with Crippen LogP contribution in [0, 0.1) is 5.92 Å². The van der Waals surface area contributed by atoms with Gasteiger partial charge < -0.3 is 16.3 Å². The van der Waals surface area contributed by atoms with E-state index in [2.05, 4.69) is 10.5 Å². The molecule has 0 bridgehead atoms. The quantitative estimate of drug-likeness (QED) is 0.320. The minimum Gasteiger partial charge on any atom is -0.409 e. The summed E-state index contributed by atoms with van der Waals surface area (Å²) in [6.45, 7) is 1.48. The molecule has 7 nitrogen and oxygen atoms in total. The fourth-order valence-electron chi connectivity index (χ4n) is 1.26. The van der Waals surface area contributed by atoms with E-state index in [1.165, 1.54) is 31.2 Å². The van der Waals surface area contributed by atoms with E-state index in [1.54, 1.807) is 0 Å². The molecule has 0 spiro atoms. The first kappa shape index (κ1) is 15.0. The van der Waals surface area contributed by atoms with Crippen molar-refractivity contribution in [2.75, 3.05) is 11.6 Å². The van der Waals surface area contributed by atoms with E-state index in [0.717, 1.165) is 6.26 Å². The monoisotopic (exact) mass is 285 g/mol. The predicted octanol–water partition coefficient (Wildman–Crippen LogP) is 0.411. The number of amides is 1. The summed E-state index contributed by atoms with van der Waals surface area (Å²) in [6, 6.07) is 5.71. The van der Waals surface area contributed by atoms with Gasteiger partial charge in [0.1, 0.15) is 0 Å². The van der Waals surface area contributed by atoms with Gasteiger partial charge in [-0.1, -0.05) is 5.16 Å². The lowest BCUT2D eigenvalue weighted by molar-refractivity contribution is -0.117. The van der Waals surface area contributed by atoms with E-state index in [9.17, 15) is 13.2 Å². The lowest BCUT2D eigenvalue weighted by atomic mass is 10.1. The Labute approximate surface area is 111 Å². The number of oxime groups is 1. The minimum atomic E-state index is -3.27. The summed E-state index contributed by atoms with van der Waals surface area (Å²) < 4.78 is 22.5. The molecule has 0 saturated heterocycles. The van der Waals surface area contributed by atoms with Gasteiger partial charge in [-0.2, -0.15) is 0 Å². The van der Waals surface area contributed by atoms with Crippen molar-refractivity contribution in [1.29, 1.82) is 0 Å². The molecule has 1 atom stereocenters. The first-order valence-corrected chi connectivity index (χ1v) is 7.23. The van der Waals surface area contributed by atoms with Gasteiger partial charge in [-0.15, -0.1) is 0 Å². The molecule has 0 aromatic heterocycles. The summed E-state index contributed by atoms with van der Waals surface area (Å²) in [5.74, 6) is -1.45. The van der Waals surface area contributed by atoms with Gasteiger partial charge >= 0.3 is 0 Å². The Morgan fingerprint density at radius 1 is 1.37 bits per heavy atom. The van der Waals surface area contributed by atoms with Crippen molar-refractivity contribution in [3.63, 3.8) is 0 Å². The first-order chi connectivity index (χ1) is 8.75. The van der Waals surface area contributed by atoms with Gasteiger partial charge in [-0.25, -0.2) is 8.42 Å². The normalized spacial score (nSPS) is 13.9. The van der Waals surface area contributed by atoms with Crippen LogP contribution in [0.3, 0.4) is 0 Å². The number of hydrogen-bond donors (Lipinski definition) is 3. The van der Waals surface area contributed by atoms with Crippen LogP contribution in [-0.2, 0) is 14.6 Å². The van der Waals surface area contributed by atoms with Crippen molar-refractivity contribution in [2.45, 2.75) is 11.8 Å². The molecule has 1 unspecified atom stereocenters. The van der Waals surface area contributed by atoms with Gasteiger partial charge in [0, 0.05) is 11.9 Å². The Morgan fingerprint density at radius 2 is 1.89 bits per heavy atom. The second-order valence-electron chi connectivity index (χ2n) is 4.03. The maximum atomic E-state index is 11.7. The first-order valence-electron chi connectivity index (χ1n) is 5.34. The zero-order valence-corrected chi connectivity index (χ0v) is 11.3. The largest absolute Gasteiger partial charge is 0.409 e. The van der Waals surface area contributed by atoms with Gasteiger partial charge in [-0.3, -0.25) is 4.79 Å². The van der Waals surface area contributed by atoms with Crippen molar-refractivity contribution in [3.05, 3.63) is 24.3 Å². The number of nitrogens with two attached hydrogens (primary N) is 1. The molecule has 19 heavy (non-hydrogen) atoms. The van der Waals surface area contributed by atoms with Crippen LogP contribution in [0.5, 0.6) is 0 Å². The highest BCUT2D eigenvalue weighted by Gasteiger charge is 2.17. The zero-order valence-electron chi connectivity index (χ0n) is 10.5. The molecule has 1 rings (SSSR count). The molecule has 0 heterocycles. The van der Waals surface area contributed by atoms with Crippen LogP contribution in [0.25, 0.3) is 0 Å². The lowest BCUT2D eigenvalue weighted by Crippen LogP contribution is -2.32. The van der Waals surface area contributed by atoms with Gasteiger partial charge in [-0.05, 0) is 31.2 Å². The second kappa shape index (κ2) is 5.70. The molecule has 8 heteroatoms. The Balaban J connectivity index is 2.82. The molecule has 0 aliphatic carbocycles. The average Bonchev–Trinajstić information content (AvgIpc) is 2.36. The molecule has 1 aromatic carbocycles. The molecule has 0 radical (unpaired) electrons. The smallest absolute Gasteiger partial charge is 0.234 e. The van der Waals surface area contributed by atoms with Gasteiger partial charge in [0.25, 0.3) is 0 Å². The predicted molar refractivity (Wildman–Crippen MR) is 70.8 cm³/mol. The van der Waals surface area contributed by atoms with Crippen molar-refractivity contribution in [3.8, 4) is 0 Å². The third kappa shape index (κ3) is 3.95. The van der Waals surface area contributed by atoms with Crippen LogP contribution < -0.4 is 11.1 Å². The van der Waals surface area contributed by atoms with Crippen LogP contribution in [0.4, 0.5) is 5.69 Å². The van der Waals surface area contributed by atoms with Crippen molar-refractivity contribution in [2.24, 2.45) is 16.8 Å². The van der Waals surface area contributed by atoms with E-state index in [1.807, 2.05) is 0 Å². The number of amidine groups is 1. The summed E-state index contributed by atoms with van der Waals surface area (Å²) in [5.41, 5.74) is 5.74. The number of rotatable bonds is 4. The molecule has 1 aromatic rings. The highest BCUT2D eigenvalue weighted by Crippen LogP contribution is 2.14. The van der Waals surface area contributed by atoms with Crippen LogP contribution in [-0.4, -0.2) is 31.6 Å². The van der Waals surface area contributed by atoms with Crippen LogP contribution in [0.1, 0.15) is 6.92 Å². The fourth-order valence-corrected chi connectivity index (χ4v) is 1.89. The summed E-state index contributed by atoms with van der Waals surface area (Å²) in [5, 5.41) is 13.7. The second-order valence-corrected chi connectivity index (χ2v) is 6.05. The maximum Gasteiger partial charge on any atom is 0.234 e. The molecule has 104 valence electrons. The van der Waals surface area contributed by atoms with Crippen molar-refractivity contribution >= 4 is 27.3 Å². The number of nitrogens with one attached hydrogen (secondary N) is 1. The van der Waals surface area contributed by atoms with E-state index in [0.29, 0.717) is 5.69 Å². The molecule has 0 fully saturated rings. The van der Waals surface area contributed by atoms with E-state index in [-0.39, 0.29) is 10.7 Å². The summed E-state index contributed by atoms with van der Waals surface area (Å²) >= 11 is 0. The van der Waals surface area contributed by atoms with Crippen molar-refractivity contribution < 1.29 is 18.4 Å². The molecule has 0 aliphatic heterocycles. The van der Waals surface area contributed by atoms with Gasteiger partial charge in [0.2, 0.25) is 5.91 Å². The number of carbonyl (C=O) groups excluding carboxylic acids is 1. The summed E-state index contributed by atoms with van der Waals surface area (Å²) in [4.78, 5) is 11.9. The third-order valence-corrected chi connectivity index (χ3v) is 3.63. The molecule has 0 aliphatic rings. The van der Waals surface area contributed by atoms with E-state index in [4.69, 9.17) is 10.9 Å². The van der Waals surface area contributed by atoms with Crippen LogP contribution in [0.15, 0.2) is 34.3 Å². The summed E-state index contributed by atoms with van der Waals surface area (Å²) in [7, 11) is -3.27. The number of sulfone groups is 1. The molecule has 0 saturated carbocycles. The number of anilines is 1. The fraction of sp³-hybridized carbons (Fsp3) is 0.273. The molecular weight excluding hydrogens is 270 g/mol. The maximum absolute atomic E-state index is 11.7. The highest BCUT2D eigenvalue weighted by molar-refractivity contribution is 7.90. The SMILES string of the molecule is CC(C(=O)Nc1ccc(S(C)(=O)=O)cc1)C(N)=NO. The number of benzene rings is 1. The van der Waals surface area contributed by atoms with Crippen LogP contribution in [0.2, 0.25) is 0 Å². The topological polar surface area (TPSA) is 122 Å². The molecular formula is C11H15N3O4S. The highest BCUT2D eigenvalue weighted by atomic mass is 32.2. The Morgan fingerprint density at radius 3 is 2.32 bits per heavy atom. The standard InChI is InChI=1S/C11H15N3O4S/c1-7(10(12)14-16)11(15)13-8-3-5-9(6-4-8)19(2,17)18/h3-7,16H,1-2H3,(H2,12,14)(H,13,15). The summed E-state index contributed by atoms with van der Waals surface area (Å²) in [6.07, 6.45) is 1.10. The Kier molecular flexibility index (Phi) is 4.49. The molecule has 4 N–H and O–H groups in total. The minimum absolute atomic E-state index is 0.162. The average molecular weight is 285 g/mol. The Bertz CT molecular complexity index is 593. The van der Waals surface area contributed by atoms with Crippen molar-refractivity contribution in [1.82, 2.24) is 0 Å². The molecule has 1 amide bonds. The third-order valence-electron chi connectivity index (χ3n) is 2.50. The van der Waals surface area contributed by atoms with E-state index >= 15 is 0 Å². The zero-order chi connectivity index (χ0) is 14.6. The number of carbonyl (C=O) groups is 1. The van der Waals surface area contributed by atoms with Gasteiger partial charge in [0.05, 0.1) is 10.8 Å². The van der Waals surface area contributed by atoms with E-state index < -0.39 is 21.7 Å². The van der Waals surface area contributed by atoms with Gasteiger partial charge in [0.15, 0.2) is 15.7 Å². The lowest BCUT2D eigenvalue weighted by Gasteiger charge is -2.10.